The minimum absolute atomic E-state index is 0.0302. The minimum atomic E-state index is -4.62. The number of allylic oxidation sites excluding steroid dienone is 4. The summed E-state index contributed by atoms with van der Waals surface area (Å²) in [6, 6.07) is 0. The molecule has 0 aliphatic heterocycles. The highest BCUT2D eigenvalue weighted by Crippen LogP contribution is 2.38. The van der Waals surface area contributed by atoms with E-state index in [1.165, 1.54) is 122 Å². The summed E-state index contributed by atoms with van der Waals surface area (Å²) in [5, 5.41) is 0. The minimum Gasteiger partial charge on any atom is -0.756 e. The number of hydrogen-bond acceptors (Lipinski definition) is 8. The monoisotopic (exact) mass is 786 g/mol. The highest BCUT2D eigenvalue weighted by Gasteiger charge is 2.21. The molecule has 0 aromatic rings. The molecule has 0 saturated carbocycles. The van der Waals surface area contributed by atoms with E-state index in [1.807, 2.05) is 21.1 Å². The molecule has 10 heteroatoms. The fraction of sp³-hybridized carbons (Fsp3) is 0.864. The summed E-state index contributed by atoms with van der Waals surface area (Å²) < 4.78 is 33.9. The molecule has 0 N–H and O–H groups in total. The molecule has 318 valence electrons. The van der Waals surface area contributed by atoms with Crippen molar-refractivity contribution in [2.75, 3.05) is 47.5 Å². The summed E-state index contributed by atoms with van der Waals surface area (Å²) in [6.45, 7) is 4.17. The van der Waals surface area contributed by atoms with Crippen LogP contribution in [0.4, 0.5) is 0 Å². The summed E-state index contributed by atoms with van der Waals surface area (Å²) in [5.41, 5.74) is 0. The van der Waals surface area contributed by atoms with Gasteiger partial charge in [-0.05, 0) is 51.4 Å². The molecule has 1 unspecified atom stereocenters. The highest BCUT2D eigenvalue weighted by atomic mass is 31.2. The summed E-state index contributed by atoms with van der Waals surface area (Å²) >= 11 is 0. The maximum Gasteiger partial charge on any atom is 0.306 e. The molecule has 0 radical (unpaired) electrons. The molecule has 0 amide bonds. The fourth-order valence-corrected chi connectivity index (χ4v) is 6.64. The van der Waals surface area contributed by atoms with Gasteiger partial charge in [-0.3, -0.25) is 14.2 Å². The second-order valence-electron chi connectivity index (χ2n) is 16.1. The van der Waals surface area contributed by atoms with E-state index in [4.69, 9.17) is 18.5 Å². The number of rotatable bonds is 40. The van der Waals surface area contributed by atoms with E-state index in [-0.39, 0.29) is 32.0 Å². The van der Waals surface area contributed by atoms with Gasteiger partial charge in [0.15, 0.2) is 6.10 Å². The smallest absolute Gasteiger partial charge is 0.306 e. The van der Waals surface area contributed by atoms with Crippen molar-refractivity contribution in [3.8, 4) is 0 Å². The lowest BCUT2D eigenvalue weighted by Crippen LogP contribution is -2.37. The van der Waals surface area contributed by atoms with Crippen molar-refractivity contribution in [3.63, 3.8) is 0 Å². The van der Waals surface area contributed by atoms with Crippen LogP contribution in [0.25, 0.3) is 0 Å². The first-order valence-corrected chi connectivity index (χ1v) is 23.5. The first-order valence-electron chi connectivity index (χ1n) is 22.0. The molecule has 9 nitrogen and oxygen atoms in total. The van der Waals surface area contributed by atoms with Crippen LogP contribution in [0.3, 0.4) is 0 Å². The van der Waals surface area contributed by atoms with Gasteiger partial charge in [0.05, 0.1) is 27.7 Å². The Balaban J connectivity index is 4.34. The average Bonchev–Trinajstić information content (AvgIpc) is 3.12. The highest BCUT2D eigenvalue weighted by molar-refractivity contribution is 7.45. The molecule has 0 saturated heterocycles. The number of likely N-dealkylation sites (N-methyl/N-ethyl adjacent to an activating group) is 1. The number of carbonyl (C=O) groups is 2. The summed E-state index contributed by atoms with van der Waals surface area (Å²) in [5.74, 6) is -0.835. The van der Waals surface area contributed by atoms with Crippen LogP contribution >= 0.6 is 7.82 Å². The topological polar surface area (TPSA) is 111 Å². The number of unbranched alkanes of at least 4 members (excludes halogenated alkanes) is 22. The number of carbonyl (C=O) groups excluding carboxylic acids is 2. The third-order valence-corrected chi connectivity index (χ3v) is 10.4. The van der Waals surface area contributed by atoms with E-state index in [0.29, 0.717) is 17.4 Å². The molecule has 0 aliphatic carbocycles. The molecular weight excluding hydrogens is 701 g/mol. The van der Waals surface area contributed by atoms with Crippen LogP contribution in [0.5, 0.6) is 0 Å². The number of phosphoric ester groups is 1. The number of phosphoric acid groups is 1. The second-order valence-corrected chi connectivity index (χ2v) is 17.5. The second kappa shape index (κ2) is 37.1. The van der Waals surface area contributed by atoms with Gasteiger partial charge < -0.3 is 27.9 Å². The van der Waals surface area contributed by atoms with Gasteiger partial charge in [0, 0.05) is 12.8 Å². The van der Waals surface area contributed by atoms with Gasteiger partial charge in [-0.25, -0.2) is 0 Å². The van der Waals surface area contributed by atoms with E-state index in [1.54, 1.807) is 0 Å². The fourth-order valence-electron chi connectivity index (χ4n) is 5.91. The number of nitrogens with zero attached hydrogens (tertiary/aromatic N) is 1. The molecule has 2 atom stereocenters. The Hall–Kier alpha value is -1.51. The van der Waals surface area contributed by atoms with Crippen LogP contribution in [-0.4, -0.2) is 70.0 Å². The predicted octanol–water partition coefficient (Wildman–Crippen LogP) is 11.7. The van der Waals surface area contributed by atoms with Crippen molar-refractivity contribution >= 4 is 19.8 Å². The molecule has 0 aliphatic rings. The molecule has 0 aromatic heterocycles. The molecule has 0 bridgehead atoms. The molecule has 0 heterocycles. The van der Waals surface area contributed by atoms with E-state index in [2.05, 4.69) is 38.2 Å². The Morgan fingerprint density at radius 2 is 0.944 bits per heavy atom. The van der Waals surface area contributed by atoms with Gasteiger partial charge in [0.2, 0.25) is 0 Å². The Labute approximate surface area is 332 Å². The SMILES string of the molecule is CCCC/C=C\CCCCCCCCCCCC(=O)OC[C@H](COP(=O)([O-])OCC[N+](C)(C)C)OC(=O)CCCCCCCCCCC/C=C\CCCC. The summed E-state index contributed by atoms with van der Waals surface area (Å²) in [4.78, 5) is 37.5. The van der Waals surface area contributed by atoms with Crippen molar-refractivity contribution in [3.05, 3.63) is 24.3 Å². The molecule has 0 rings (SSSR count). The number of esters is 2. The van der Waals surface area contributed by atoms with Crippen LogP contribution in [0.15, 0.2) is 24.3 Å². The van der Waals surface area contributed by atoms with Crippen LogP contribution in [0, 0.1) is 0 Å². The number of quaternary nitrogens is 1. The van der Waals surface area contributed by atoms with E-state index in [9.17, 15) is 19.0 Å². The van der Waals surface area contributed by atoms with Crippen molar-refractivity contribution in [1.29, 1.82) is 0 Å². The molecule has 0 spiro atoms. The van der Waals surface area contributed by atoms with E-state index < -0.39 is 26.5 Å². The number of ether oxygens (including phenoxy) is 2. The normalized spacial score (nSPS) is 13.8. The third kappa shape index (κ3) is 40.2. The van der Waals surface area contributed by atoms with Crippen molar-refractivity contribution in [1.82, 2.24) is 0 Å². The lowest BCUT2D eigenvalue weighted by atomic mass is 10.1. The van der Waals surface area contributed by atoms with Gasteiger partial charge in [-0.1, -0.05) is 154 Å². The maximum atomic E-state index is 12.7. The zero-order chi connectivity index (χ0) is 40.0. The van der Waals surface area contributed by atoms with E-state index in [0.717, 1.165) is 38.5 Å². The Kier molecular flexibility index (Phi) is 36.1. The quantitative estimate of drug-likeness (QED) is 0.0198. The van der Waals surface area contributed by atoms with Crippen molar-refractivity contribution in [2.45, 2.75) is 200 Å². The first kappa shape index (κ1) is 52.5. The van der Waals surface area contributed by atoms with Crippen molar-refractivity contribution in [2.24, 2.45) is 0 Å². The van der Waals surface area contributed by atoms with Gasteiger partial charge in [0.1, 0.15) is 19.8 Å². The summed E-state index contributed by atoms with van der Waals surface area (Å²) in [6.07, 6.45) is 39.1. The Morgan fingerprint density at radius 3 is 1.37 bits per heavy atom. The van der Waals surface area contributed by atoms with Gasteiger partial charge >= 0.3 is 11.9 Å². The number of hydrogen-bond donors (Lipinski definition) is 0. The first-order chi connectivity index (χ1) is 26.0. The predicted molar refractivity (Wildman–Crippen MR) is 222 cm³/mol. The van der Waals surface area contributed by atoms with Crippen LogP contribution in [0.2, 0.25) is 0 Å². The third-order valence-electron chi connectivity index (χ3n) is 9.44. The molecule has 0 aromatic carbocycles. The summed E-state index contributed by atoms with van der Waals surface area (Å²) in [7, 11) is 1.17. The van der Waals surface area contributed by atoms with E-state index >= 15 is 0 Å². The zero-order valence-electron chi connectivity index (χ0n) is 35.7. The van der Waals surface area contributed by atoms with Gasteiger partial charge in [-0.2, -0.15) is 0 Å². The van der Waals surface area contributed by atoms with Gasteiger partial charge in [0.25, 0.3) is 7.82 Å². The molecule has 0 fully saturated rings. The lowest BCUT2D eigenvalue weighted by Gasteiger charge is -2.28. The van der Waals surface area contributed by atoms with Crippen LogP contribution < -0.4 is 4.89 Å². The van der Waals surface area contributed by atoms with Crippen LogP contribution in [-0.2, 0) is 32.7 Å². The average molecular weight is 786 g/mol. The lowest BCUT2D eigenvalue weighted by molar-refractivity contribution is -0.870. The maximum absolute atomic E-state index is 12.7. The van der Waals surface area contributed by atoms with Gasteiger partial charge in [-0.15, -0.1) is 0 Å². The standard InChI is InChI=1S/C44H84NO8P/c1-6-8-10-12-14-16-18-20-22-24-26-28-30-32-34-36-43(46)50-40-42(41-52-54(48,49)51-39-38-45(3,4)5)53-44(47)37-35-33-31-29-27-25-23-21-19-17-15-13-11-9-7-2/h12-15,42H,6-11,16-41H2,1-5H3/b14-12-,15-13-/t42-/m1/s1. The Bertz CT molecular complexity index is 980. The molecule has 54 heavy (non-hydrogen) atoms. The van der Waals surface area contributed by atoms with Crippen LogP contribution in [0.1, 0.15) is 194 Å². The Morgan fingerprint density at radius 1 is 0.556 bits per heavy atom. The largest absolute Gasteiger partial charge is 0.756 e. The molecular formula is C44H84NO8P. The van der Waals surface area contributed by atoms with Crippen molar-refractivity contribution < 1.29 is 42.1 Å². The zero-order valence-corrected chi connectivity index (χ0v) is 36.6.